The molecule has 0 aliphatic carbocycles. The van der Waals surface area contributed by atoms with Gasteiger partial charge in [-0.2, -0.15) is 4.31 Å². The Morgan fingerprint density at radius 2 is 1.76 bits per heavy atom. The lowest BCUT2D eigenvalue weighted by molar-refractivity contribution is -0.131. The molecule has 1 amide bonds. The van der Waals surface area contributed by atoms with Crippen molar-refractivity contribution in [2.75, 3.05) is 39.8 Å². The number of nitrogens with zero attached hydrogens (tertiary/aromatic N) is 2. The van der Waals surface area contributed by atoms with Crippen LogP contribution in [0.4, 0.5) is 0 Å². The summed E-state index contributed by atoms with van der Waals surface area (Å²) in [5, 5.41) is 3.88. The molecule has 1 N–H and O–H groups in total. The van der Waals surface area contributed by atoms with E-state index >= 15 is 0 Å². The zero-order valence-electron chi connectivity index (χ0n) is 14.3. The Hall–Kier alpha value is -1.15. The van der Waals surface area contributed by atoms with E-state index in [2.05, 4.69) is 5.32 Å². The number of halogens is 1. The zero-order chi connectivity index (χ0) is 18.0. The Labute approximate surface area is 154 Å². The van der Waals surface area contributed by atoms with E-state index in [-0.39, 0.29) is 17.3 Å². The maximum atomic E-state index is 12.6. The third-order valence-electron chi connectivity index (χ3n) is 5.25. The number of carbonyl (C=O) groups excluding carboxylic acids is 1. The second-order valence-corrected chi connectivity index (χ2v) is 9.33. The Kier molecular flexibility index (Phi) is 5.68. The fourth-order valence-corrected chi connectivity index (χ4v) is 4.88. The molecule has 0 spiro atoms. The molecule has 3 rings (SSSR count). The summed E-state index contributed by atoms with van der Waals surface area (Å²) in [6.07, 6.45) is 1.97. The molecule has 8 heteroatoms. The second kappa shape index (κ2) is 7.61. The monoisotopic (exact) mass is 385 g/mol. The molecule has 0 radical (unpaired) electrons. The highest BCUT2D eigenvalue weighted by molar-refractivity contribution is 7.89. The van der Waals surface area contributed by atoms with Gasteiger partial charge in [0, 0.05) is 25.2 Å². The largest absolute Gasteiger partial charge is 0.342 e. The summed E-state index contributed by atoms with van der Waals surface area (Å²) in [4.78, 5) is 14.6. The quantitative estimate of drug-likeness (QED) is 0.851. The van der Waals surface area contributed by atoms with E-state index in [1.807, 2.05) is 4.90 Å². The van der Waals surface area contributed by atoms with Crippen molar-refractivity contribution in [3.63, 3.8) is 0 Å². The molecule has 1 aromatic rings. The summed E-state index contributed by atoms with van der Waals surface area (Å²) in [6.45, 7) is 3.32. The van der Waals surface area contributed by atoms with Crippen LogP contribution in [0.1, 0.15) is 12.8 Å². The van der Waals surface area contributed by atoms with Crippen LogP contribution in [0.15, 0.2) is 29.2 Å². The van der Waals surface area contributed by atoms with Crippen molar-refractivity contribution < 1.29 is 13.2 Å². The van der Waals surface area contributed by atoms with E-state index in [1.54, 1.807) is 0 Å². The van der Waals surface area contributed by atoms with Crippen LogP contribution in [-0.2, 0) is 14.8 Å². The number of hydrogen-bond donors (Lipinski definition) is 1. The lowest BCUT2D eigenvalue weighted by Crippen LogP contribution is -2.41. The number of likely N-dealkylation sites (tertiary alicyclic amines) is 1. The normalized spacial score (nSPS) is 24.2. The molecule has 138 valence electrons. The van der Waals surface area contributed by atoms with Gasteiger partial charge in [-0.3, -0.25) is 4.79 Å². The van der Waals surface area contributed by atoms with Crippen molar-refractivity contribution in [1.29, 1.82) is 0 Å². The molecule has 25 heavy (non-hydrogen) atoms. The van der Waals surface area contributed by atoms with Gasteiger partial charge >= 0.3 is 0 Å². The van der Waals surface area contributed by atoms with Crippen LogP contribution in [0.5, 0.6) is 0 Å². The SMILES string of the molecule is CN(CC(=O)N1CC[C@@H]2CNC[C@@H]2CC1)S(=O)(=O)c1ccc(Cl)cc1. The fraction of sp³-hybridized carbons (Fsp3) is 0.588. The number of likely N-dealkylation sites (N-methyl/N-ethyl adjacent to an activating group) is 1. The van der Waals surface area contributed by atoms with Crippen LogP contribution in [0.3, 0.4) is 0 Å². The Morgan fingerprint density at radius 1 is 1.20 bits per heavy atom. The van der Waals surface area contributed by atoms with Gasteiger partial charge in [-0.1, -0.05) is 11.6 Å². The molecule has 0 bridgehead atoms. The van der Waals surface area contributed by atoms with Crippen molar-refractivity contribution in [1.82, 2.24) is 14.5 Å². The van der Waals surface area contributed by atoms with E-state index < -0.39 is 10.0 Å². The maximum absolute atomic E-state index is 12.6. The molecule has 0 saturated carbocycles. The van der Waals surface area contributed by atoms with Crippen LogP contribution in [0.25, 0.3) is 0 Å². The third kappa shape index (κ3) is 4.16. The third-order valence-corrected chi connectivity index (χ3v) is 7.32. The van der Waals surface area contributed by atoms with E-state index in [1.165, 1.54) is 31.3 Å². The zero-order valence-corrected chi connectivity index (χ0v) is 15.9. The van der Waals surface area contributed by atoms with Crippen LogP contribution < -0.4 is 5.32 Å². The average molecular weight is 386 g/mol. The number of sulfonamides is 1. The average Bonchev–Trinajstić information content (AvgIpc) is 2.93. The van der Waals surface area contributed by atoms with Gasteiger partial charge < -0.3 is 10.2 Å². The van der Waals surface area contributed by atoms with Gasteiger partial charge in [0.2, 0.25) is 15.9 Å². The van der Waals surface area contributed by atoms with Gasteiger partial charge in [0.1, 0.15) is 0 Å². The molecule has 2 heterocycles. The lowest BCUT2D eigenvalue weighted by atomic mass is 9.92. The van der Waals surface area contributed by atoms with E-state index in [9.17, 15) is 13.2 Å². The smallest absolute Gasteiger partial charge is 0.243 e. The van der Waals surface area contributed by atoms with Gasteiger partial charge in [-0.25, -0.2) is 8.42 Å². The molecule has 2 fully saturated rings. The molecular formula is C17H24ClN3O3S. The molecule has 1 aromatic carbocycles. The number of carbonyl (C=O) groups is 1. The number of nitrogens with one attached hydrogen (secondary N) is 1. The highest BCUT2D eigenvalue weighted by Crippen LogP contribution is 2.27. The van der Waals surface area contributed by atoms with Gasteiger partial charge in [0.25, 0.3) is 0 Å². The van der Waals surface area contributed by atoms with Gasteiger partial charge in [0.15, 0.2) is 0 Å². The molecule has 6 nitrogen and oxygen atoms in total. The first kappa shape index (κ1) is 18.6. The van der Waals surface area contributed by atoms with Crippen molar-refractivity contribution in [3.05, 3.63) is 29.3 Å². The van der Waals surface area contributed by atoms with E-state index in [4.69, 9.17) is 11.6 Å². The van der Waals surface area contributed by atoms with Crippen LogP contribution in [0.2, 0.25) is 5.02 Å². The highest BCUT2D eigenvalue weighted by Gasteiger charge is 2.32. The molecule has 0 aromatic heterocycles. The summed E-state index contributed by atoms with van der Waals surface area (Å²) in [5.74, 6) is 1.13. The maximum Gasteiger partial charge on any atom is 0.243 e. The first-order chi connectivity index (χ1) is 11.9. The minimum atomic E-state index is -3.70. The summed E-state index contributed by atoms with van der Waals surface area (Å²) < 4.78 is 26.3. The number of rotatable bonds is 4. The Bertz CT molecular complexity index is 709. The number of benzene rings is 1. The van der Waals surface area contributed by atoms with Gasteiger partial charge in [-0.15, -0.1) is 0 Å². The second-order valence-electron chi connectivity index (χ2n) is 6.85. The molecule has 2 atom stereocenters. The Morgan fingerprint density at radius 3 is 2.32 bits per heavy atom. The fourth-order valence-electron chi connectivity index (χ4n) is 3.63. The summed E-state index contributed by atoms with van der Waals surface area (Å²) in [5.41, 5.74) is 0. The topological polar surface area (TPSA) is 69.7 Å². The predicted molar refractivity (Wildman–Crippen MR) is 96.9 cm³/mol. The highest BCUT2D eigenvalue weighted by atomic mass is 35.5. The van der Waals surface area contributed by atoms with Crippen LogP contribution >= 0.6 is 11.6 Å². The van der Waals surface area contributed by atoms with Crippen molar-refractivity contribution >= 4 is 27.5 Å². The lowest BCUT2D eigenvalue weighted by Gasteiger charge is -2.24. The van der Waals surface area contributed by atoms with Crippen LogP contribution in [-0.4, -0.2) is 63.3 Å². The van der Waals surface area contributed by atoms with Crippen molar-refractivity contribution in [2.45, 2.75) is 17.7 Å². The van der Waals surface area contributed by atoms with Crippen molar-refractivity contribution in [2.24, 2.45) is 11.8 Å². The summed E-state index contributed by atoms with van der Waals surface area (Å²) >= 11 is 5.81. The minimum absolute atomic E-state index is 0.132. The molecule has 2 aliphatic heterocycles. The van der Waals surface area contributed by atoms with E-state index in [0.717, 1.165) is 30.2 Å². The molecular weight excluding hydrogens is 362 g/mol. The molecule has 2 saturated heterocycles. The molecule has 2 aliphatic rings. The number of fused-ring (bicyclic) bond motifs is 1. The molecule has 0 unspecified atom stereocenters. The van der Waals surface area contributed by atoms with Crippen molar-refractivity contribution in [3.8, 4) is 0 Å². The van der Waals surface area contributed by atoms with Crippen LogP contribution in [0, 0.1) is 11.8 Å². The van der Waals surface area contributed by atoms with E-state index in [0.29, 0.717) is 29.9 Å². The van der Waals surface area contributed by atoms with Gasteiger partial charge in [-0.05, 0) is 62.0 Å². The minimum Gasteiger partial charge on any atom is -0.342 e. The first-order valence-corrected chi connectivity index (χ1v) is 10.4. The van der Waals surface area contributed by atoms with Gasteiger partial charge in [0.05, 0.1) is 11.4 Å². The number of amides is 1. The number of hydrogen-bond acceptors (Lipinski definition) is 4. The Balaban J connectivity index is 1.62. The summed E-state index contributed by atoms with van der Waals surface area (Å²) in [7, 11) is -2.25. The summed E-state index contributed by atoms with van der Waals surface area (Å²) in [6, 6.07) is 5.98. The first-order valence-electron chi connectivity index (χ1n) is 8.58. The standard InChI is InChI=1S/C17H24ClN3O3S/c1-20(25(23,24)16-4-2-15(18)3-5-16)12-17(22)21-8-6-13-10-19-11-14(13)7-9-21/h2-5,13-14,19H,6-12H2,1H3/t13-,14+. The predicted octanol–water partition coefficient (Wildman–Crippen LogP) is 1.42.